The number of carbonyl (C=O) groups is 1. The van der Waals surface area contributed by atoms with E-state index < -0.39 is 0 Å². The van der Waals surface area contributed by atoms with Gasteiger partial charge in [0.25, 0.3) is 0 Å². The maximum Gasteiger partial charge on any atom is 0.240 e. The predicted molar refractivity (Wildman–Crippen MR) is 94.8 cm³/mol. The minimum atomic E-state index is -0.308. The van der Waals surface area contributed by atoms with Gasteiger partial charge in [0, 0.05) is 26.2 Å². The lowest BCUT2D eigenvalue weighted by atomic mass is 10.1. The molecule has 7 heteroatoms. The summed E-state index contributed by atoms with van der Waals surface area (Å²) in [5, 5.41) is 6.01. The molecule has 0 aliphatic rings. The molecule has 0 saturated carbocycles. The molecule has 0 unspecified atom stereocenters. The molecule has 0 aromatic heterocycles. The van der Waals surface area contributed by atoms with E-state index in [1.54, 1.807) is 25.1 Å². The second-order valence-electron chi connectivity index (χ2n) is 6.30. The van der Waals surface area contributed by atoms with Crippen LogP contribution >= 0.6 is 15.9 Å². The molecule has 0 aliphatic heterocycles. The van der Waals surface area contributed by atoms with E-state index in [0.29, 0.717) is 17.0 Å². The van der Waals surface area contributed by atoms with Crippen molar-refractivity contribution in [1.82, 2.24) is 15.5 Å². The summed E-state index contributed by atoms with van der Waals surface area (Å²) in [4.78, 5) is 17.8. The third-order valence-corrected chi connectivity index (χ3v) is 3.55. The van der Waals surface area contributed by atoms with Crippen LogP contribution in [0.2, 0.25) is 0 Å². The van der Waals surface area contributed by atoms with Crippen LogP contribution in [0.15, 0.2) is 27.7 Å². The van der Waals surface area contributed by atoms with Crippen molar-refractivity contribution in [3.63, 3.8) is 0 Å². The number of amides is 1. The zero-order valence-electron chi connectivity index (χ0n) is 14.2. The number of nitrogens with one attached hydrogen (secondary N) is 2. The summed E-state index contributed by atoms with van der Waals surface area (Å²) in [6.07, 6.45) is 0. The Hall–Kier alpha value is -1.63. The van der Waals surface area contributed by atoms with E-state index in [-0.39, 0.29) is 23.8 Å². The maximum absolute atomic E-state index is 13.5. The van der Waals surface area contributed by atoms with Crippen molar-refractivity contribution in [1.29, 1.82) is 0 Å². The van der Waals surface area contributed by atoms with Gasteiger partial charge in [-0.2, -0.15) is 0 Å². The topological polar surface area (TPSA) is 56.7 Å². The summed E-state index contributed by atoms with van der Waals surface area (Å²) < 4.78 is 13.9. The summed E-state index contributed by atoms with van der Waals surface area (Å²) in [6, 6.07) is 4.94. The normalized spacial score (nSPS) is 12.0. The first-order chi connectivity index (χ1) is 10.6. The number of likely N-dealkylation sites (N-methyl/N-ethyl adjacent to an activating group) is 1. The fraction of sp³-hybridized carbons (Fsp3) is 0.500. The Morgan fingerprint density at radius 3 is 2.57 bits per heavy atom. The number of hydrogen-bond donors (Lipinski definition) is 2. The number of halogens is 2. The number of carbonyl (C=O) groups excluding carboxylic acids is 1. The van der Waals surface area contributed by atoms with Gasteiger partial charge >= 0.3 is 0 Å². The van der Waals surface area contributed by atoms with Crippen LogP contribution in [0.25, 0.3) is 0 Å². The third-order valence-electron chi connectivity index (χ3n) is 2.90. The second kappa shape index (κ2) is 8.29. The van der Waals surface area contributed by atoms with E-state index in [4.69, 9.17) is 0 Å². The van der Waals surface area contributed by atoms with Gasteiger partial charge in [0.2, 0.25) is 5.91 Å². The highest BCUT2D eigenvalue weighted by Gasteiger charge is 2.16. The number of rotatable bonds is 4. The average Bonchev–Trinajstić information content (AvgIpc) is 2.41. The van der Waals surface area contributed by atoms with E-state index >= 15 is 0 Å². The molecule has 0 spiro atoms. The first-order valence-corrected chi connectivity index (χ1v) is 8.08. The number of aliphatic imine (C=N–C) groups is 1. The van der Waals surface area contributed by atoms with Gasteiger partial charge in [-0.25, -0.2) is 4.39 Å². The van der Waals surface area contributed by atoms with Crippen LogP contribution in [0.5, 0.6) is 0 Å². The molecular formula is C16H24BrFN4O. The zero-order chi connectivity index (χ0) is 17.6. The SMILES string of the molecule is CN=C(NCc1ccc(Br)c(F)c1)N(C)CC(=O)NC(C)(C)C. The number of hydrogen-bond acceptors (Lipinski definition) is 2. The highest BCUT2D eigenvalue weighted by atomic mass is 79.9. The van der Waals surface area contributed by atoms with Gasteiger partial charge in [-0.3, -0.25) is 9.79 Å². The second-order valence-corrected chi connectivity index (χ2v) is 7.16. The predicted octanol–water partition coefficient (Wildman–Crippen LogP) is 2.51. The molecule has 2 N–H and O–H groups in total. The molecule has 1 amide bonds. The highest BCUT2D eigenvalue weighted by Crippen LogP contribution is 2.16. The van der Waals surface area contributed by atoms with Crippen molar-refractivity contribution in [2.24, 2.45) is 4.99 Å². The first kappa shape index (κ1) is 19.4. The number of guanidine groups is 1. The first-order valence-electron chi connectivity index (χ1n) is 7.29. The van der Waals surface area contributed by atoms with E-state index in [2.05, 4.69) is 31.6 Å². The quantitative estimate of drug-likeness (QED) is 0.617. The van der Waals surface area contributed by atoms with E-state index in [9.17, 15) is 9.18 Å². The molecule has 128 valence electrons. The zero-order valence-corrected chi connectivity index (χ0v) is 15.8. The molecule has 0 heterocycles. The molecule has 5 nitrogen and oxygen atoms in total. The highest BCUT2D eigenvalue weighted by molar-refractivity contribution is 9.10. The van der Waals surface area contributed by atoms with Crippen LogP contribution in [-0.4, -0.2) is 42.9 Å². The van der Waals surface area contributed by atoms with Crippen LogP contribution in [0.1, 0.15) is 26.3 Å². The van der Waals surface area contributed by atoms with E-state index in [0.717, 1.165) is 5.56 Å². The number of benzene rings is 1. The molecular weight excluding hydrogens is 363 g/mol. The summed E-state index contributed by atoms with van der Waals surface area (Å²) in [7, 11) is 3.42. The van der Waals surface area contributed by atoms with Crippen LogP contribution in [0, 0.1) is 5.82 Å². The fourth-order valence-electron chi connectivity index (χ4n) is 1.96. The van der Waals surface area contributed by atoms with Crippen molar-refractivity contribution in [2.75, 3.05) is 20.6 Å². The molecule has 0 fully saturated rings. The lowest BCUT2D eigenvalue weighted by molar-refractivity contribution is -0.122. The standard InChI is InChI=1S/C16H24BrFN4O/c1-16(2,3)21-14(23)10-22(5)15(19-4)20-9-11-6-7-12(17)13(18)8-11/h6-8H,9-10H2,1-5H3,(H,19,20)(H,21,23). The summed E-state index contributed by atoms with van der Waals surface area (Å²) >= 11 is 3.13. The number of nitrogens with zero attached hydrogens (tertiary/aromatic N) is 2. The minimum Gasteiger partial charge on any atom is -0.352 e. The molecule has 1 aromatic rings. The smallest absolute Gasteiger partial charge is 0.240 e. The van der Waals surface area contributed by atoms with Gasteiger partial charge in [0.15, 0.2) is 5.96 Å². The van der Waals surface area contributed by atoms with Gasteiger partial charge in [-0.15, -0.1) is 0 Å². The van der Waals surface area contributed by atoms with Gasteiger partial charge in [-0.05, 0) is 54.4 Å². The van der Waals surface area contributed by atoms with E-state index in [1.807, 2.05) is 26.8 Å². The third kappa shape index (κ3) is 6.99. The van der Waals surface area contributed by atoms with Crippen molar-refractivity contribution in [3.05, 3.63) is 34.1 Å². The van der Waals surface area contributed by atoms with Gasteiger partial charge < -0.3 is 15.5 Å². The van der Waals surface area contributed by atoms with Crippen molar-refractivity contribution >= 4 is 27.8 Å². The fourth-order valence-corrected chi connectivity index (χ4v) is 2.21. The van der Waals surface area contributed by atoms with Crippen molar-refractivity contribution < 1.29 is 9.18 Å². The largest absolute Gasteiger partial charge is 0.352 e. The summed E-state index contributed by atoms with van der Waals surface area (Å²) in [6.45, 7) is 6.40. The molecule has 1 rings (SSSR count). The average molecular weight is 387 g/mol. The van der Waals surface area contributed by atoms with E-state index in [1.165, 1.54) is 6.07 Å². The Bertz CT molecular complexity index is 584. The van der Waals surface area contributed by atoms with Gasteiger partial charge in [0.1, 0.15) is 5.82 Å². The van der Waals surface area contributed by atoms with Crippen LogP contribution in [-0.2, 0) is 11.3 Å². The molecule has 0 radical (unpaired) electrons. The van der Waals surface area contributed by atoms with Gasteiger partial charge in [0.05, 0.1) is 11.0 Å². The molecule has 0 atom stereocenters. The monoisotopic (exact) mass is 386 g/mol. The lowest BCUT2D eigenvalue weighted by Crippen LogP contribution is -2.48. The lowest BCUT2D eigenvalue weighted by Gasteiger charge is -2.25. The summed E-state index contributed by atoms with van der Waals surface area (Å²) in [5.41, 5.74) is 0.517. The Labute approximate surface area is 145 Å². The molecule has 1 aromatic carbocycles. The Kier molecular flexibility index (Phi) is 7.00. The van der Waals surface area contributed by atoms with Crippen LogP contribution < -0.4 is 10.6 Å². The minimum absolute atomic E-state index is 0.0855. The molecule has 23 heavy (non-hydrogen) atoms. The Morgan fingerprint density at radius 1 is 1.39 bits per heavy atom. The van der Waals surface area contributed by atoms with Crippen LogP contribution in [0.4, 0.5) is 4.39 Å². The molecule has 0 saturated heterocycles. The maximum atomic E-state index is 13.5. The van der Waals surface area contributed by atoms with Crippen molar-refractivity contribution in [3.8, 4) is 0 Å². The Morgan fingerprint density at radius 2 is 2.04 bits per heavy atom. The van der Waals surface area contributed by atoms with Crippen LogP contribution in [0.3, 0.4) is 0 Å². The molecule has 0 bridgehead atoms. The summed E-state index contributed by atoms with van der Waals surface area (Å²) in [5.74, 6) is 0.173. The Balaban J connectivity index is 2.59. The van der Waals surface area contributed by atoms with Gasteiger partial charge in [-0.1, -0.05) is 6.07 Å². The molecule has 0 aliphatic carbocycles. The van der Waals surface area contributed by atoms with Crippen molar-refractivity contribution in [2.45, 2.75) is 32.9 Å².